The number of nitrogens with zero attached hydrogens (tertiary/aromatic N) is 2. The van der Waals surface area contributed by atoms with Crippen LogP contribution in [0.1, 0.15) is 61.8 Å². The highest BCUT2D eigenvalue weighted by Gasteiger charge is 2.22. The molecule has 1 atom stereocenters. The maximum absolute atomic E-state index is 12.4. The normalized spacial score (nSPS) is 15.2. The van der Waals surface area contributed by atoms with Gasteiger partial charge in [-0.3, -0.25) is 0 Å². The number of carbonyl (C=O) groups is 1. The van der Waals surface area contributed by atoms with Crippen LogP contribution in [0.15, 0.2) is 49.0 Å². The number of hydrogen-bond donors (Lipinski definition) is 2. The Morgan fingerprint density at radius 3 is 2.38 bits per heavy atom. The highest BCUT2D eigenvalue weighted by Crippen LogP contribution is 2.32. The molecule has 1 aliphatic heterocycles. The lowest BCUT2D eigenvalue weighted by Gasteiger charge is -2.35. The average Bonchev–Trinajstić information content (AvgIpc) is 2.80. The van der Waals surface area contributed by atoms with E-state index in [0.29, 0.717) is 17.4 Å². The second-order valence-electron chi connectivity index (χ2n) is 9.10. The van der Waals surface area contributed by atoms with Gasteiger partial charge in [0.15, 0.2) is 0 Å². The summed E-state index contributed by atoms with van der Waals surface area (Å²) in [7, 11) is 0. The van der Waals surface area contributed by atoms with E-state index >= 15 is 0 Å². The van der Waals surface area contributed by atoms with Gasteiger partial charge in [0.2, 0.25) is 0 Å². The summed E-state index contributed by atoms with van der Waals surface area (Å²) in [6.07, 6.45) is 2.11. The van der Waals surface area contributed by atoms with E-state index in [1.54, 1.807) is 0 Å². The molecule has 1 aliphatic rings. The lowest BCUT2D eigenvalue weighted by atomic mass is 9.88. The number of benzene rings is 2. The van der Waals surface area contributed by atoms with Crippen LogP contribution in [0.5, 0.6) is 0 Å². The molecule has 168 valence electrons. The molecule has 2 N–H and O–H groups in total. The van der Waals surface area contributed by atoms with Crippen LogP contribution in [-0.4, -0.2) is 30.1 Å². The number of urea groups is 1. The van der Waals surface area contributed by atoms with Gasteiger partial charge in [-0.2, -0.15) is 5.26 Å². The van der Waals surface area contributed by atoms with Crippen molar-refractivity contribution in [2.24, 2.45) is 5.92 Å². The van der Waals surface area contributed by atoms with Crippen molar-refractivity contribution < 1.29 is 4.79 Å². The molecule has 1 unspecified atom stereocenters. The number of hydrogen-bond acceptors (Lipinski definition) is 3. The minimum Gasteiger partial charge on any atom is -0.371 e. The predicted molar refractivity (Wildman–Crippen MR) is 131 cm³/mol. The Balaban J connectivity index is 1.62. The molecule has 0 spiro atoms. The summed E-state index contributed by atoms with van der Waals surface area (Å²) >= 11 is 0. The lowest BCUT2D eigenvalue weighted by Crippen LogP contribution is -2.39. The van der Waals surface area contributed by atoms with Crippen LogP contribution in [-0.2, 0) is 0 Å². The van der Waals surface area contributed by atoms with Crippen molar-refractivity contribution in [1.82, 2.24) is 10.2 Å². The van der Waals surface area contributed by atoms with Crippen molar-refractivity contribution in [3.63, 3.8) is 0 Å². The van der Waals surface area contributed by atoms with Crippen molar-refractivity contribution in [3.8, 4) is 6.07 Å². The highest BCUT2D eigenvalue weighted by atomic mass is 16.2. The molecule has 1 fully saturated rings. The van der Waals surface area contributed by atoms with Gasteiger partial charge in [-0.15, -0.1) is 0 Å². The second-order valence-corrected chi connectivity index (χ2v) is 9.10. The first-order chi connectivity index (χ1) is 15.3. The fourth-order valence-corrected chi connectivity index (χ4v) is 3.96. The summed E-state index contributed by atoms with van der Waals surface area (Å²) in [4.78, 5) is 14.7. The zero-order valence-corrected chi connectivity index (χ0v) is 19.6. The zero-order valence-electron chi connectivity index (χ0n) is 19.6. The first kappa shape index (κ1) is 23.4. The van der Waals surface area contributed by atoms with Gasteiger partial charge in [-0.05, 0) is 73.4 Å². The standard InChI is InChI=1S/C27H34N4O/c1-18(2)20(4)29-27(32)30-26-16-25(9-6-19(26)3)21(5)31-14-12-24(13-15-31)23-10-7-22(17-28)8-11-23/h6-11,16,18,20,24H,5,12-15H2,1-4H3,(H2,29,30,32). The van der Waals surface area contributed by atoms with Crippen molar-refractivity contribution in [3.05, 3.63) is 71.3 Å². The van der Waals surface area contributed by atoms with Gasteiger partial charge >= 0.3 is 6.03 Å². The molecular formula is C27H34N4O. The van der Waals surface area contributed by atoms with Crippen LogP contribution in [0, 0.1) is 24.2 Å². The highest BCUT2D eigenvalue weighted by molar-refractivity contribution is 5.91. The number of amides is 2. The summed E-state index contributed by atoms with van der Waals surface area (Å²) in [6.45, 7) is 14.4. The number of likely N-dealkylation sites (tertiary alicyclic amines) is 1. The van der Waals surface area contributed by atoms with Gasteiger partial charge in [0, 0.05) is 30.5 Å². The first-order valence-electron chi connectivity index (χ1n) is 11.4. The van der Waals surface area contributed by atoms with Crippen LogP contribution in [0.2, 0.25) is 0 Å². The molecule has 3 rings (SSSR count). The molecule has 1 saturated heterocycles. The fraction of sp³-hybridized carbons (Fsp3) is 0.407. The Morgan fingerprint density at radius 2 is 1.78 bits per heavy atom. The molecule has 1 heterocycles. The number of piperidine rings is 1. The Bertz CT molecular complexity index is 995. The van der Waals surface area contributed by atoms with Gasteiger partial charge in [-0.25, -0.2) is 4.79 Å². The third kappa shape index (κ3) is 5.70. The number of carbonyl (C=O) groups excluding carboxylic acids is 1. The van der Waals surface area contributed by atoms with Crippen LogP contribution in [0.4, 0.5) is 10.5 Å². The van der Waals surface area contributed by atoms with Crippen LogP contribution >= 0.6 is 0 Å². The molecule has 0 aromatic heterocycles. The summed E-state index contributed by atoms with van der Waals surface area (Å²) in [6, 6.07) is 16.2. The molecule has 0 saturated carbocycles. The summed E-state index contributed by atoms with van der Waals surface area (Å²) in [5, 5.41) is 15.0. The SMILES string of the molecule is C=C(c1ccc(C)c(NC(=O)NC(C)C(C)C)c1)N1CCC(c2ccc(C#N)cc2)CC1. The third-order valence-corrected chi connectivity index (χ3v) is 6.57. The third-order valence-electron chi connectivity index (χ3n) is 6.57. The minimum absolute atomic E-state index is 0.103. The Morgan fingerprint density at radius 1 is 1.12 bits per heavy atom. The predicted octanol–water partition coefficient (Wildman–Crippen LogP) is 5.88. The second kappa shape index (κ2) is 10.4. The Labute approximate surface area is 192 Å². The van der Waals surface area contributed by atoms with E-state index in [2.05, 4.69) is 60.2 Å². The summed E-state index contributed by atoms with van der Waals surface area (Å²) < 4.78 is 0. The van der Waals surface area contributed by atoms with Crippen molar-refractivity contribution in [1.29, 1.82) is 5.26 Å². The number of nitriles is 1. The molecule has 2 amide bonds. The first-order valence-corrected chi connectivity index (χ1v) is 11.4. The molecule has 2 aromatic rings. The van der Waals surface area contributed by atoms with E-state index in [-0.39, 0.29) is 12.1 Å². The number of aryl methyl sites for hydroxylation is 1. The smallest absolute Gasteiger partial charge is 0.319 e. The van der Waals surface area contributed by atoms with Gasteiger partial charge in [0.25, 0.3) is 0 Å². The van der Waals surface area contributed by atoms with E-state index in [1.807, 2.05) is 38.1 Å². The van der Waals surface area contributed by atoms with Gasteiger partial charge in [-0.1, -0.05) is 44.7 Å². The van der Waals surface area contributed by atoms with E-state index in [1.165, 1.54) is 5.56 Å². The summed E-state index contributed by atoms with van der Waals surface area (Å²) in [5.41, 5.74) is 5.85. The van der Waals surface area contributed by atoms with Crippen molar-refractivity contribution in [2.45, 2.75) is 52.5 Å². The Kier molecular flexibility index (Phi) is 7.58. The molecule has 5 nitrogen and oxygen atoms in total. The van der Waals surface area contributed by atoms with Gasteiger partial charge < -0.3 is 15.5 Å². The molecule has 5 heteroatoms. The van der Waals surface area contributed by atoms with Crippen LogP contribution < -0.4 is 10.6 Å². The fourth-order valence-electron chi connectivity index (χ4n) is 3.96. The van der Waals surface area contributed by atoms with Crippen molar-refractivity contribution >= 4 is 17.4 Å². The monoisotopic (exact) mass is 430 g/mol. The molecule has 0 bridgehead atoms. The number of rotatable bonds is 6. The molecule has 2 aromatic carbocycles. The molecule has 0 aliphatic carbocycles. The van der Waals surface area contributed by atoms with Gasteiger partial charge in [0.05, 0.1) is 11.6 Å². The number of nitrogens with one attached hydrogen (secondary N) is 2. The van der Waals surface area contributed by atoms with Gasteiger partial charge in [0.1, 0.15) is 0 Å². The molecule has 0 radical (unpaired) electrons. The van der Waals surface area contributed by atoms with E-state index in [0.717, 1.165) is 48.4 Å². The summed E-state index contributed by atoms with van der Waals surface area (Å²) in [5.74, 6) is 0.883. The van der Waals surface area contributed by atoms with E-state index in [4.69, 9.17) is 5.26 Å². The maximum Gasteiger partial charge on any atom is 0.319 e. The Hall–Kier alpha value is -3.26. The maximum atomic E-state index is 12.4. The number of anilines is 1. The largest absolute Gasteiger partial charge is 0.371 e. The van der Waals surface area contributed by atoms with Crippen LogP contribution in [0.25, 0.3) is 5.70 Å². The zero-order chi connectivity index (χ0) is 23.3. The lowest BCUT2D eigenvalue weighted by molar-refractivity contribution is 0.246. The van der Waals surface area contributed by atoms with Crippen LogP contribution in [0.3, 0.4) is 0 Å². The minimum atomic E-state index is -0.180. The topological polar surface area (TPSA) is 68.2 Å². The van der Waals surface area contributed by atoms with E-state index < -0.39 is 0 Å². The molecular weight excluding hydrogens is 396 g/mol. The quantitative estimate of drug-likeness (QED) is 0.601. The van der Waals surface area contributed by atoms with E-state index in [9.17, 15) is 4.79 Å². The molecule has 32 heavy (non-hydrogen) atoms. The van der Waals surface area contributed by atoms with Crippen molar-refractivity contribution in [2.75, 3.05) is 18.4 Å². The average molecular weight is 431 g/mol.